The molecule has 0 aliphatic carbocycles. The van der Waals surface area contributed by atoms with Crippen LogP contribution in [-0.2, 0) is 16.6 Å². The molecular weight excluding hydrogens is 376 g/mol. The molecule has 1 N–H and O–H groups in total. The molecule has 0 saturated heterocycles. The second-order valence-corrected chi connectivity index (χ2v) is 7.28. The summed E-state index contributed by atoms with van der Waals surface area (Å²) in [5.74, 6) is -0.776. The van der Waals surface area contributed by atoms with Crippen LogP contribution in [0.15, 0.2) is 45.8 Å². The van der Waals surface area contributed by atoms with E-state index in [9.17, 15) is 9.00 Å². The highest BCUT2D eigenvalue weighted by molar-refractivity contribution is 9.10. The van der Waals surface area contributed by atoms with Crippen molar-refractivity contribution in [3.63, 3.8) is 0 Å². The Hall–Kier alpha value is -1.17. The SMILES string of the molecule is Cc1ccc(S(=O)Cc2ccc(Br)cc2Cl)cc1C(=O)O. The van der Waals surface area contributed by atoms with E-state index in [-0.39, 0.29) is 11.3 Å². The predicted molar refractivity (Wildman–Crippen MR) is 87.4 cm³/mol. The van der Waals surface area contributed by atoms with Crippen molar-refractivity contribution in [1.82, 2.24) is 0 Å². The van der Waals surface area contributed by atoms with Gasteiger partial charge in [-0.05, 0) is 42.3 Å². The van der Waals surface area contributed by atoms with E-state index < -0.39 is 16.8 Å². The Morgan fingerprint density at radius 2 is 2.00 bits per heavy atom. The number of hydrogen-bond acceptors (Lipinski definition) is 2. The summed E-state index contributed by atoms with van der Waals surface area (Å²) in [6.45, 7) is 1.71. The normalized spacial score (nSPS) is 12.1. The molecule has 6 heteroatoms. The third kappa shape index (κ3) is 3.93. The number of aryl methyl sites for hydroxylation is 1. The maximum absolute atomic E-state index is 12.4. The maximum Gasteiger partial charge on any atom is 0.335 e. The van der Waals surface area contributed by atoms with Gasteiger partial charge in [0.1, 0.15) is 0 Å². The molecule has 1 unspecified atom stereocenters. The van der Waals surface area contributed by atoms with E-state index in [2.05, 4.69) is 15.9 Å². The first-order valence-corrected chi connectivity index (χ1v) is 8.53. The van der Waals surface area contributed by atoms with Crippen molar-refractivity contribution in [2.75, 3.05) is 0 Å². The van der Waals surface area contributed by atoms with Crippen molar-refractivity contribution >= 4 is 44.3 Å². The first-order chi connectivity index (χ1) is 9.88. The van der Waals surface area contributed by atoms with E-state index in [0.717, 1.165) is 10.0 Å². The predicted octanol–water partition coefficient (Wildman–Crippen LogP) is 4.42. The van der Waals surface area contributed by atoms with Crippen LogP contribution in [-0.4, -0.2) is 15.3 Å². The average Bonchev–Trinajstić information content (AvgIpc) is 2.42. The van der Waals surface area contributed by atoms with Gasteiger partial charge in [-0.15, -0.1) is 0 Å². The monoisotopic (exact) mass is 386 g/mol. The summed E-state index contributed by atoms with van der Waals surface area (Å²) in [5.41, 5.74) is 1.57. The number of hydrogen-bond donors (Lipinski definition) is 1. The quantitative estimate of drug-likeness (QED) is 0.845. The minimum absolute atomic E-state index is 0.169. The first-order valence-electron chi connectivity index (χ1n) is 6.04. The topological polar surface area (TPSA) is 54.4 Å². The maximum atomic E-state index is 12.4. The fraction of sp³-hybridized carbons (Fsp3) is 0.133. The molecule has 0 aliphatic heterocycles. The number of benzene rings is 2. The molecule has 0 radical (unpaired) electrons. The molecule has 0 saturated carbocycles. The van der Waals surface area contributed by atoms with Gasteiger partial charge in [-0.1, -0.05) is 39.7 Å². The van der Waals surface area contributed by atoms with Crippen molar-refractivity contribution in [1.29, 1.82) is 0 Å². The number of aromatic carboxylic acids is 1. The molecular formula is C15H12BrClO3S. The van der Waals surface area contributed by atoms with Crippen molar-refractivity contribution in [2.45, 2.75) is 17.6 Å². The third-order valence-electron chi connectivity index (χ3n) is 3.00. The lowest BCUT2D eigenvalue weighted by Crippen LogP contribution is -2.03. The summed E-state index contributed by atoms with van der Waals surface area (Å²) in [6.07, 6.45) is 0. The molecule has 0 fully saturated rings. The van der Waals surface area contributed by atoms with Gasteiger partial charge < -0.3 is 5.11 Å². The molecule has 2 aromatic rings. The Labute approximate surface area is 138 Å². The Balaban J connectivity index is 2.28. The lowest BCUT2D eigenvalue weighted by molar-refractivity contribution is 0.0696. The van der Waals surface area contributed by atoms with Gasteiger partial charge in [0.25, 0.3) is 0 Å². The minimum atomic E-state index is -1.35. The van der Waals surface area contributed by atoms with Gasteiger partial charge in [0.15, 0.2) is 0 Å². The summed E-state index contributed by atoms with van der Waals surface area (Å²) in [4.78, 5) is 11.6. The summed E-state index contributed by atoms with van der Waals surface area (Å²) < 4.78 is 13.2. The van der Waals surface area contributed by atoms with E-state index >= 15 is 0 Å². The molecule has 0 amide bonds. The Morgan fingerprint density at radius 1 is 1.29 bits per heavy atom. The second-order valence-electron chi connectivity index (χ2n) is 4.51. The van der Waals surface area contributed by atoms with Crippen molar-refractivity contribution in [3.8, 4) is 0 Å². The van der Waals surface area contributed by atoms with Gasteiger partial charge in [-0.2, -0.15) is 0 Å². The van der Waals surface area contributed by atoms with Crippen LogP contribution in [0.2, 0.25) is 5.02 Å². The molecule has 21 heavy (non-hydrogen) atoms. The minimum Gasteiger partial charge on any atom is -0.478 e. The van der Waals surface area contributed by atoms with Crippen molar-refractivity contribution < 1.29 is 14.1 Å². The molecule has 0 heterocycles. The smallest absolute Gasteiger partial charge is 0.335 e. The Morgan fingerprint density at radius 3 is 2.62 bits per heavy atom. The van der Waals surface area contributed by atoms with Crippen LogP contribution in [0.25, 0.3) is 0 Å². The largest absolute Gasteiger partial charge is 0.478 e. The van der Waals surface area contributed by atoms with Crippen LogP contribution in [0, 0.1) is 6.92 Å². The molecule has 0 bridgehead atoms. The van der Waals surface area contributed by atoms with Gasteiger partial charge in [0, 0.05) is 14.4 Å². The molecule has 110 valence electrons. The molecule has 2 aromatic carbocycles. The van der Waals surface area contributed by atoms with E-state index in [4.69, 9.17) is 16.7 Å². The number of carboxylic acid groups (broad SMARTS) is 1. The first kappa shape index (κ1) is 16.2. The summed E-state index contributed by atoms with van der Waals surface area (Å²) in [6, 6.07) is 10.2. The second kappa shape index (κ2) is 6.73. The zero-order valence-corrected chi connectivity index (χ0v) is 14.3. The van der Waals surface area contributed by atoms with Crippen LogP contribution < -0.4 is 0 Å². The lowest BCUT2D eigenvalue weighted by atomic mass is 10.1. The highest BCUT2D eigenvalue weighted by Gasteiger charge is 2.13. The van der Waals surface area contributed by atoms with E-state index in [1.807, 2.05) is 6.07 Å². The molecule has 0 aromatic heterocycles. The highest BCUT2D eigenvalue weighted by atomic mass is 79.9. The number of carbonyl (C=O) groups is 1. The molecule has 2 rings (SSSR count). The van der Waals surface area contributed by atoms with E-state index in [1.165, 1.54) is 6.07 Å². The van der Waals surface area contributed by atoms with Crippen LogP contribution >= 0.6 is 27.5 Å². The molecule has 1 atom stereocenters. The number of rotatable bonds is 4. The zero-order chi connectivity index (χ0) is 15.6. The fourth-order valence-corrected chi connectivity index (χ4v) is 3.83. The van der Waals surface area contributed by atoms with Gasteiger partial charge in [-0.25, -0.2) is 4.79 Å². The molecule has 0 spiro atoms. The van der Waals surface area contributed by atoms with Gasteiger partial charge in [0.05, 0.1) is 22.1 Å². The van der Waals surface area contributed by atoms with Gasteiger partial charge in [0.2, 0.25) is 0 Å². The molecule has 0 aliphatic rings. The van der Waals surface area contributed by atoms with Crippen molar-refractivity contribution in [3.05, 3.63) is 62.6 Å². The van der Waals surface area contributed by atoms with Gasteiger partial charge in [-0.3, -0.25) is 4.21 Å². The standard InChI is InChI=1S/C15H12BrClO3S/c1-9-2-5-12(7-13(9)15(18)19)21(20)8-10-3-4-11(16)6-14(10)17/h2-7H,8H2,1H3,(H,18,19). The lowest BCUT2D eigenvalue weighted by Gasteiger charge is -2.07. The van der Waals surface area contributed by atoms with E-state index in [1.54, 1.807) is 31.2 Å². The van der Waals surface area contributed by atoms with E-state index in [0.29, 0.717) is 15.5 Å². The summed E-state index contributed by atoms with van der Waals surface area (Å²) in [7, 11) is -1.35. The molecule has 3 nitrogen and oxygen atoms in total. The van der Waals surface area contributed by atoms with Crippen LogP contribution in [0.4, 0.5) is 0 Å². The zero-order valence-electron chi connectivity index (χ0n) is 11.1. The summed E-state index contributed by atoms with van der Waals surface area (Å²) >= 11 is 9.42. The van der Waals surface area contributed by atoms with Crippen LogP contribution in [0.3, 0.4) is 0 Å². The summed E-state index contributed by atoms with van der Waals surface area (Å²) in [5, 5.41) is 9.64. The van der Waals surface area contributed by atoms with Crippen LogP contribution in [0.5, 0.6) is 0 Å². The Bertz CT molecular complexity index is 731. The Kier molecular flexibility index (Phi) is 5.19. The number of halogens is 2. The highest BCUT2D eigenvalue weighted by Crippen LogP contribution is 2.24. The fourth-order valence-electron chi connectivity index (χ4n) is 1.84. The van der Waals surface area contributed by atoms with Crippen molar-refractivity contribution in [2.24, 2.45) is 0 Å². The number of carboxylic acids is 1. The third-order valence-corrected chi connectivity index (χ3v) is 5.20. The van der Waals surface area contributed by atoms with Crippen LogP contribution in [0.1, 0.15) is 21.5 Å². The van der Waals surface area contributed by atoms with Gasteiger partial charge >= 0.3 is 5.97 Å². The average molecular weight is 388 g/mol.